The maximum atomic E-state index is 4.68. The molecule has 0 saturated carbocycles. The minimum atomic E-state index is 0.264. The van der Waals surface area contributed by atoms with Gasteiger partial charge in [0.2, 0.25) is 0 Å². The molecule has 118 valence electrons. The van der Waals surface area contributed by atoms with E-state index in [0.717, 1.165) is 25.5 Å². The molecule has 0 bridgehead atoms. The van der Waals surface area contributed by atoms with E-state index in [1.165, 1.54) is 16.0 Å². The second-order valence-electron chi connectivity index (χ2n) is 5.19. The van der Waals surface area contributed by atoms with Crippen LogP contribution in [0.2, 0.25) is 0 Å². The summed E-state index contributed by atoms with van der Waals surface area (Å²) in [4.78, 5) is 10.1. The third kappa shape index (κ3) is 4.84. The molecule has 0 radical (unpaired) electrons. The Kier molecular flexibility index (Phi) is 6.40. The zero-order valence-corrected chi connectivity index (χ0v) is 14.3. The van der Waals surface area contributed by atoms with Crippen molar-refractivity contribution in [3.8, 4) is 0 Å². The Morgan fingerprint density at radius 1 is 1.41 bits per heavy atom. The van der Waals surface area contributed by atoms with Crippen LogP contribution >= 0.6 is 11.3 Å². The van der Waals surface area contributed by atoms with Gasteiger partial charge in [-0.05, 0) is 55.8 Å². The van der Waals surface area contributed by atoms with Crippen LogP contribution in [0.1, 0.15) is 35.9 Å². The van der Waals surface area contributed by atoms with Gasteiger partial charge in [0.1, 0.15) is 0 Å². The van der Waals surface area contributed by atoms with Gasteiger partial charge in [-0.25, -0.2) is 0 Å². The van der Waals surface area contributed by atoms with Crippen LogP contribution < -0.4 is 10.6 Å². The Bertz CT molecular complexity index is 592. The number of hydrogen-bond donors (Lipinski definition) is 2. The molecule has 2 aromatic heterocycles. The molecule has 5 heteroatoms. The molecule has 0 saturated heterocycles. The van der Waals surface area contributed by atoms with Gasteiger partial charge in [0.05, 0.1) is 6.04 Å². The fourth-order valence-electron chi connectivity index (χ4n) is 2.20. The van der Waals surface area contributed by atoms with Gasteiger partial charge in [0.15, 0.2) is 5.96 Å². The van der Waals surface area contributed by atoms with Crippen LogP contribution in [0.5, 0.6) is 0 Å². The molecule has 1 atom stereocenters. The van der Waals surface area contributed by atoms with Crippen molar-refractivity contribution >= 4 is 17.3 Å². The Balaban J connectivity index is 1.94. The smallest absolute Gasteiger partial charge is 0.191 e. The lowest BCUT2D eigenvalue weighted by Crippen LogP contribution is -2.38. The molecule has 0 aromatic carbocycles. The van der Waals surface area contributed by atoms with E-state index in [9.17, 15) is 0 Å². The number of rotatable bonds is 6. The number of aromatic nitrogens is 1. The van der Waals surface area contributed by atoms with E-state index in [2.05, 4.69) is 65.0 Å². The van der Waals surface area contributed by atoms with Crippen LogP contribution in [0.4, 0.5) is 0 Å². The number of nitrogens with one attached hydrogen (secondary N) is 2. The Morgan fingerprint density at radius 2 is 2.27 bits per heavy atom. The van der Waals surface area contributed by atoms with E-state index in [1.807, 2.05) is 12.4 Å². The largest absolute Gasteiger partial charge is 0.357 e. The molecule has 22 heavy (non-hydrogen) atoms. The fourth-order valence-corrected chi connectivity index (χ4v) is 2.94. The molecule has 2 heterocycles. The predicted octanol–water partition coefficient (Wildman–Crippen LogP) is 3.31. The van der Waals surface area contributed by atoms with E-state index < -0.39 is 0 Å². The van der Waals surface area contributed by atoms with E-state index in [0.29, 0.717) is 0 Å². The summed E-state index contributed by atoms with van der Waals surface area (Å²) < 4.78 is 0. The third-order valence-electron chi connectivity index (χ3n) is 3.45. The van der Waals surface area contributed by atoms with Crippen molar-refractivity contribution in [2.75, 3.05) is 13.1 Å². The quantitative estimate of drug-likeness (QED) is 0.635. The van der Waals surface area contributed by atoms with Crippen molar-refractivity contribution in [3.05, 3.63) is 52.0 Å². The van der Waals surface area contributed by atoms with Crippen LogP contribution in [-0.2, 0) is 6.42 Å². The maximum Gasteiger partial charge on any atom is 0.191 e. The summed E-state index contributed by atoms with van der Waals surface area (Å²) in [5.74, 6) is 0.870. The Hall–Kier alpha value is -1.88. The van der Waals surface area contributed by atoms with E-state index in [-0.39, 0.29) is 6.04 Å². The molecule has 2 N–H and O–H groups in total. The van der Waals surface area contributed by atoms with Gasteiger partial charge in [-0.15, -0.1) is 11.3 Å². The molecule has 0 spiro atoms. The van der Waals surface area contributed by atoms with Gasteiger partial charge in [0, 0.05) is 30.4 Å². The molecule has 1 unspecified atom stereocenters. The van der Waals surface area contributed by atoms with E-state index >= 15 is 0 Å². The van der Waals surface area contributed by atoms with Crippen molar-refractivity contribution in [3.63, 3.8) is 0 Å². The molecular formula is C17H24N4S. The molecule has 0 fully saturated rings. The van der Waals surface area contributed by atoms with Gasteiger partial charge >= 0.3 is 0 Å². The lowest BCUT2D eigenvalue weighted by atomic mass is 10.1. The highest BCUT2D eigenvalue weighted by Crippen LogP contribution is 2.17. The van der Waals surface area contributed by atoms with Crippen LogP contribution in [0.15, 0.2) is 41.0 Å². The minimum Gasteiger partial charge on any atom is -0.357 e. The van der Waals surface area contributed by atoms with Gasteiger partial charge < -0.3 is 10.6 Å². The predicted molar refractivity (Wildman–Crippen MR) is 94.5 cm³/mol. The number of aryl methyl sites for hydroxylation is 1. The molecule has 0 amide bonds. The maximum absolute atomic E-state index is 4.68. The number of aliphatic imine (C=N–C) groups is 1. The van der Waals surface area contributed by atoms with Crippen LogP contribution in [0.3, 0.4) is 0 Å². The van der Waals surface area contributed by atoms with Crippen LogP contribution in [-0.4, -0.2) is 24.0 Å². The average molecular weight is 316 g/mol. The van der Waals surface area contributed by atoms with Gasteiger partial charge in [-0.1, -0.05) is 6.07 Å². The first-order chi connectivity index (χ1) is 10.7. The summed E-state index contributed by atoms with van der Waals surface area (Å²) in [7, 11) is 0. The minimum absolute atomic E-state index is 0.264. The van der Waals surface area contributed by atoms with Crippen LogP contribution in [0.25, 0.3) is 0 Å². The molecule has 0 aliphatic rings. The summed E-state index contributed by atoms with van der Waals surface area (Å²) >= 11 is 1.76. The third-order valence-corrected chi connectivity index (χ3v) is 4.51. The Labute approximate surface area is 136 Å². The zero-order valence-electron chi connectivity index (χ0n) is 13.5. The second-order valence-corrected chi connectivity index (χ2v) is 6.17. The van der Waals surface area contributed by atoms with Gasteiger partial charge in [-0.3, -0.25) is 9.98 Å². The topological polar surface area (TPSA) is 49.3 Å². The summed E-state index contributed by atoms with van der Waals surface area (Å²) in [5, 5.41) is 8.87. The summed E-state index contributed by atoms with van der Waals surface area (Å²) in [6.45, 7) is 7.95. The van der Waals surface area contributed by atoms with E-state index in [1.54, 1.807) is 11.3 Å². The first kappa shape index (κ1) is 16.5. The van der Waals surface area contributed by atoms with Gasteiger partial charge in [-0.2, -0.15) is 0 Å². The van der Waals surface area contributed by atoms with Gasteiger partial charge in [0.25, 0.3) is 0 Å². The summed E-state index contributed by atoms with van der Waals surface area (Å²) in [6.07, 6.45) is 4.67. The number of thiophene rings is 1. The summed E-state index contributed by atoms with van der Waals surface area (Å²) in [5.41, 5.74) is 2.53. The fraction of sp³-hybridized carbons (Fsp3) is 0.412. The number of pyridine rings is 1. The highest BCUT2D eigenvalue weighted by Gasteiger charge is 2.08. The lowest BCUT2D eigenvalue weighted by molar-refractivity contribution is 0.697. The molecule has 2 rings (SSSR count). The molecule has 2 aromatic rings. The van der Waals surface area contributed by atoms with Crippen molar-refractivity contribution < 1.29 is 0 Å². The Morgan fingerprint density at radius 3 is 2.95 bits per heavy atom. The highest BCUT2D eigenvalue weighted by molar-refractivity contribution is 7.10. The average Bonchev–Trinajstić information content (AvgIpc) is 3.04. The number of nitrogens with zero attached hydrogens (tertiary/aromatic N) is 2. The first-order valence-electron chi connectivity index (χ1n) is 7.68. The second kappa shape index (κ2) is 8.54. The molecular weight excluding hydrogens is 292 g/mol. The van der Waals surface area contributed by atoms with Crippen LogP contribution in [0, 0.1) is 6.92 Å². The molecule has 0 aliphatic heterocycles. The van der Waals surface area contributed by atoms with Crippen molar-refractivity contribution in [2.24, 2.45) is 4.99 Å². The lowest BCUT2D eigenvalue weighted by Gasteiger charge is -2.16. The normalized spacial score (nSPS) is 13.0. The first-order valence-corrected chi connectivity index (χ1v) is 8.56. The molecule has 0 aliphatic carbocycles. The van der Waals surface area contributed by atoms with Crippen molar-refractivity contribution in [2.45, 2.75) is 33.2 Å². The SMILES string of the molecule is CCNC(=NCCc1ccncc1C)NC(C)c1cccs1. The van der Waals surface area contributed by atoms with E-state index in [4.69, 9.17) is 0 Å². The number of hydrogen-bond acceptors (Lipinski definition) is 3. The van der Waals surface area contributed by atoms with Crippen molar-refractivity contribution in [1.29, 1.82) is 0 Å². The number of guanidine groups is 1. The molecule has 4 nitrogen and oxygen atoms in total. The summed E-state index contributed by atoms with van der Waals surface area (Å²) in [6, 6.07) is 6.56. The standard InChI is InChI=1S/C17H24N4S/c1-4-19-17(21-14(3)16-6-5-11-22-16)20-10-8-15-7-9-18-12-13(15)2/h5-7,9,11-12,14H,4,8,10H2,1-3H3,(H2,19,20,21). The monoisotopic (exact) mass is 316 g/mol. The van der Waals surface area contributed by atoms with Crippen molar-refractivity contribution in [1.82, 2.24) is 15.6 Å². The highest BCUT2D eigenvalue weighted by atomic mass is 32.1. The zero-order chi connectivity index (χ0) is 15.8.